The standard InChI is InChI=1S/3C6H5.C3H4.Sn.H/c3*1-2-4-6-5-3-1;1-3-2;;/h3*1-5H;1-2H2;;. The zero-order valence-corrected chi connectivity index (χ0v) is 15.9. The summed E-state index contributed by atoms with van der Waals surface area (Å²) >= 11 is -2.14. The first-order valence-electron chi connectivity index (χ1n) is 7.31. The predicted molar refractivity (Wildman–Crippen MR) is 100 cm³/mol. The second kappa shape index (κ2) is 9.09. The van der Waals surface area contributed by atoms with Crippen molar-refractivity contribution in [1.82, 2.24) is 0 Å². The molecule has 0 saturated carbocycles. The van der Waals surface area contributed by atoms with Crippen LogP contribution < -0.4 is 10.7 Å². The summed E-state index contributed by atoms with van der Waals surface area (Å²) in [5.41, 5.74) is 2.25. The van der Waals surface area contributed by atoms with Crippen molar-refractivity contribution in [2.75, 3.05) is 0 Å². The Kier molecular flexibility index (Phi) is 6.76. The topological polar surface area (TPSA) is 0 Å². The van der Waals surface area contributed by atoms with E-state index in [1.807, 2.05) is 0 Å². The molecule has 0 atom stereocenters. The van der Waals surface area contributed by atoms with Gasteiger partial charge in [0, 0.05) is 0 Å². The van der Waals surface area contributed by atoms with E-state index >= 15 is 0 Å². The molecule has 1 heteroatoms. The molecule has 0 aromatic heterocycles. The Bertz CT molecular complexity index is 603. The van der Waals surface area contributed by atoms with Crippen LogP contribution in [0.2, 0.25) is 0 Å². The number of hydrogen-bond acceptors (Lipinski definition) is 0. The van der Waals surface area contributed by atoms with Crippen molar-refractivity contribution in [3.8, 4) is 0 Å². The summed E-state index contributed by atoms with van der Waals surface area (Å²) in [6.45, 7) is 6.25. The van der Waals surface area contributed by atoms with Gasteiger partial charge in [-0.3, -0.25) is 0 Å². The molecule has 0 fully saturated rings. The summed E-state index contributed by atoms with van der Waals surface area (Å²) in [6, 6.07) is 33.0. The summed E-state index contributed by atoms with van der Waals surface area (Å²) in [4.78, 5) is 0. The Morgan fingerprint density at radius 2 is 0.727 bits per heavy atom. The SMILES string of the molecule is C=C=C.c1cc[c]([SnH]([c]2ccccc2)[c]2ccccc2)cc1. The predicted octanol–water partition coefficient (Wildman–Crippen LogP) is 2.89. The third-order valence-corrected chi connectivity index (χ3v) is 12.4. The molecule has 22 heavy (non-hydrogen) atoms. The van der Waals surface area contributed by atoms with E-state index in [-0.39, 0.29) is 0 Å². The molecule has 0 aliphatic rings. The van der Waals surface area contributed by atoms with Crippen LogP contribution in [0.15, 0.2) is 110 Å². The average Bonchev–Trinajstić information content (AvgIpc) is 2.59. The van der Waals surface area contributed by atoms with Crippen LogP contribution in [0.25, 0.3) is 0 Å². The van der Waals surface area contributed by atoms with E-state index in [0.29, 0.717) is 0 Å². The minimum absolute atomic E-state index is 1.54. The van der Waals surface area contributed by atoms with Gasteiger partial charge in [0.2, 0.25) is 0 Å². The van der Waals surface area contributed by atoms with Crippen LogP contribution in [0.5, 0.6) is 0 Å². The maximum atomic E-state index is 3.12. The van der Waals surface area contributed by atoms with E-state index < -0.39 is 19.8 Å². The van der Waals surface area contributed by atoms with Crippen LogP contribution in [-0.2, 0) is 0 Å². The van der Waals surface area contributed by atoms with Gasteiger partial charge in [-0.1, -0.05) is 13.2 Å². The Balaban J connectivity index is 0.000000545. The molecule has 0 heterocycles. The summed E-state index contributed by atoms with van der Waals surface area (Å²) in [5, 5.41) is 0. The summed E-state index contributed by atoms with van der Waals surface area (Å²) < 4.78 is 4.63. The molecular weight excluding hydrogens is 371 g/mol. The molecule has 108 valence electrons. The Labute approximate surface area is 140 Å². The van der Waals surface area contributed by atoms with Crippen molar-refractivity contribution in [1.29, 1.82) is 0 Å². The molecule has 0 bridgehead atoms. The van der Waals surface area contributed by atoms with Crippen molar-refractivity contribution in [3.05, 3.63) is 110 Å². The molecule has 0 spiro atoms. The van der Waals surface area contributed by atoms with Crippen LogP contribution in [0.4, 0.5) is 0 Å². The van der Waals surface area contributed by atoms with E-state index in [9.17, 15) is 0 Å². The first-order chi connectivity index (χ1) is 10.9. The van der Waals surface area contributed by atoms with Gasteiger partial charge < -0.3 is 0 Å². The summed E-state index contributed by atoms with van der Waals surface area (Å²) in [6.07, 6.45) is 0. The zero-order chi connectivity index (χ0) is 15.6. The van der Waals surface area contributed by atoms with Crippen LogP contribution in [-0.4, -0.2) is 19.8 Å². The van der Waals surface area contributed by atoms with Crippen LogP contribution in [0.1, 0.15) is 0 Å². The number of hydrogen-bond donors (Lipinski definition) is 0. The molecular formula is C21H20Sn. The Morgan fingerprint density at radius 3 is 0.955 bits per heavy atom. The van der Waals surface area contributed by atoms with Crippen LogP contribution in [0.3, 0.4) is 0 Å². The van der Waals surface area contributed by atoms with Crippen molar-refractivity contribution in [3.63, 3.8) is 0 Å². The maximum absolute atomic E-state index is 3.12. The number of benzene rings is 3. The monoisotopic (exact) mass is 392 g/mol. The van der Waals surface area contributed by atoms with E-state index in [0.717, 1.165) is 0 Å². The molecule has 3 aromatic rings. The van der Waals surface area contributed by atoms with Gasteiger partial charge in [-0.2, -0.15) is 0 Å². The van der Waals surface area contributed by atoms with Gasteiger partial charge in [0.25, 0.3) is 0 Å². The Hall–Kier alpha value is -2.02. The van der Waals surface area contributed by atoms with Gasteiger partial charge >= 0.3 is 121 Å². The molecule has 0 unspecified atom stereocenters. The van der Waals surface area contributed by atoms with E-state index in [4.69, 9.17) is 0 Å². The third-order valence-electron chi connectivity index (χ3n) is 3.40. The molecule has 0 radical (unpaired) electrons. The fraction of sp³-hybridized carbons (Fsp3) is 0. The first-order valence-corrected chi connectivity index (χ1v) is 12.2. The first kappa shape index (κ1) is 16.4. The van der Waals surface area contributed by atoms with E-state index in [1.54, 1.807) is 10.7 Å². The van der Waals surface area contributed by atoms with Gasteiger partial charge in [-0.15, -0.1) is 5.73 Å². The zero-order valence-electron chi connectivity index (χ0n) is 12.7. The minimum atomic E-state index is -2.14. The van der Waals surface area contributed by atoms with E-state index in [1.165, 1.54) is 0 Å². The van der Waals surface area contributed by atoms with Gasteiger partial charge in [-0.05, 0) is 0 Å². The van der Waals surface area contributed by atoms with Crippen LogP contribution >= 0.6 is 0 Å². The van der Waals surface area contributed by atoms with Crippen molar-refractivity contribution < 1.29 is 0 Å². The summed E-state index contributed by atoms with van der Waals surface area (Å²) in [7, 11) is 0. The van der Waals surface area contributed by atoms with Gasteiger partial charge in [0.1, 0.15) is 0 Å². The molecule has 0 saturated heterocycles. The molecule has 0 N–H and O–H groups in total. The summed E-state index contributed by atoms with van der Waals surface area (Å²) in [5.74, 6) is 0. The van der Waals surface area contributed by atoms with Gasteiger partial charge in [-0.25, -0.2) is 0 Å². The molecule has 3 rings (SSSR count). The molecule has 0 nitrogen and oxygen atoms in total. The average molecular weight is 391 g/mol. The Morgan fingerprint density at radius 1 is 0.500 bits per heavy atom. The normalized spacial score (nSPS) is 9.50. The molecule has 0 aliphatic carbocycles. The van der Waals surface area contributed by atoms with E-state index in [2.05, 4.69) is 110 Å². The molecule has 0 amide bonds. The quantitative estimate of drug-likeness (QED) is 0.476. The third kappa shape index (κ3) is 4.49. The van der Waals surface area contributed by atoms with Crippen LogP contribution in [0, 0.1) is 0 Å². The molecule has 0 aliphatic heterocycles. The van der Waals surface area contributed by atoms with Crippen molar-refractivity contribution in [2.45, 2.75) is 0 Å². The number of rotatable bonds is 3. The van der Waals surface area contributed by atoms with Gasteiger partial charge in [0.15, 0.2) is 0 Å². The molecule has 3 aromatic carbocycles. The second-order valence-corrected chi connectivity index (χ2v) is 13.1. The van der Waals surface area contributed by atoms with Crippen molar-refractivity contribution >= 4 is 30.5 Å². The fourth-order valence-corrected chi connectivity index (χ4v) is 11.0. The second-order valence-electron chi connectivity index (χ2n) is 4.92. The fourth-order valence-electron chi connectivity index (χ4n) is 2.51. The van der Waals surface area contributed by atoms with Gasteiger partial charge in [0.05, 0.1) is 0 Å². The van der Waals surface area contributed by atoms with Crippen molar-refractivity contribution in [2.24, 2.45) is 0 Å².